The Balaban J connectivity index is 1.85. The molecule has 1 aromatic rings. The average Bonchev–Trinajstić information content (AvgIpc) is 2.71. The molecular formula is C19H28N4O5. The van der Waals surface area contributed by atoms with Crippen molar-refractivity contribution in [1.29, 1.82) is 0 Å². The molecule has 1 amide bonds. The van der Waals surface area contributed by atoms with Gasteiger partial charge in [-0.05, 0) is 18.1 Å². The van der Waals surface area contributed by atoms with E-state index in [1.165, 1.54) is 19.2 Å². The van der Waals surface area contributed by atoms with Gasteiger partial charge < -0.3 is 15.0 Å². The molecule has 154 valence electrons. The number of hydrogen-bond acceptors (Lipinski definition) is 7. The van der Waals surface area contributed by atoms with Crippen LogP contribution in [0.15, 0.2) is 24.3 Å². The Kier molecular flexibility index (Phi) is 7.74. The van der Waals surface area contributed by atoms with Gasteiger partial charge >= 0.3 is 5.97 Å². The van der Waals surface area contributed by atoms with Crippen LogP contribution in [0.25, 0.3) is 0 Å². The normalized spacial score (nSPS) is 16.9. The fourth-order valence-corrected chi connectivity index (χ4v) is 3.17. The number of benzene rings is 1. The van der Waals surface area contributed by atoms with Crippen molar-refractivity contribution in [2.24, 2.45) is 5.92 Å². The molecule has 9 nitrogen and oxygen atoms in total. The van der Waals surface area contributed by atoms with Gasteiger partial charge in [0.2, 0.25) is 5.91 Å². The molecule has 1 aromatic carbocycles. The fraction of sp³-hybridized carbons (Fsp3) is 0.579. The molecule has 0 unspecified atom stereocenters. The van der Waals surface area contributed by atoms with Crippen LogP contribution in [-0.4, -0.2) is 67.6 Å². The highest BCUT2D eigenvalue weighted by molar-refractivity contribution is 5.85. The van der Waals surface area contributed by atoms with E-state index in [2.05, 4.69) is 10.2 Å². The largest absolute Gasteiger partial charge is 0.467 e. The number of piperazine rings is 1. The molecule has 1 heterocycles. The van der Waals surface area contributed by atoms with Gasteiger partial charge in [-0.3, -0.25) is 19.8 Å². The molecule has 1 fully saturated rings. The Morgan fingerprint density at radius 1 is 1.21 bits per heavy atom. The highest BCUT2D eigenvalue weighted by atomic mass is 16.6. The van der Waals surface area contributed by atoms with Gasteiger partial charge in [-0.15, -0.1) is 0 Å². The maximum absolute atomic E-state index is 12.4. The number of rotatable bonds is 8. The molecule has 1 aliphatic rings. The zero-order chi connectivity index (χ0) is 20.7. The summed E-state index contributed by atoms with van der Waals surface area (Å²) < 4.78 is 4.80. The van der Waals surface area contributed by atoms with Crippen LogP contribution in [0.3, 0.4) is 0 Å². The van der Waals surface area contributed by atoms with E-state index in [-0.39, 0.29) is 24.1 Å². The summed E-state index contributed by atoms with van der Waals surface area (Å²) in [4.78, 5) is 38.8. The van der Waals surface area contributed by atoms with Crippen LogP contribution in [0.5, 0.6) is 0 Å². The quantitative estimate of drug-likeness (QED) is 0.405. The first kappa shape index (κ1) is 21.6. The first-order chi connectivity index (χ1) is 13.3. The maximum atomic E-state index is 12.4. The Bertz CT molecular complexity index is 686. The van der Waals surface area contributed by atoms with Gasteiger partial charge in [-0.1, -0.05) is 20.3 Å². The van der Waals surface area contributed by atoms with E-state index in [4.69, 9.17) is 4.74 Å². The van der Waals surface area contributed by atoms with Gasteiger partial charge in [0.25, 0.3) is 5.69 Å². The zero-order valence-electron chi connectivity index (χ0n) is 16.6. The summed E-state index contributed by atoms with van der Waals surface area (Å²) in [6.45, 7) is 6.91. The van der Waals surface area contributed by atoms with Gasteiger partial charge in [0.05, 0.1) is 18.6 Å². The summed E-state index contributed by atoms with van der Waals surface area (Å²) >= 11 is 0. The summed E-state index contributed by atoms with van der Waals surface area (Å²) in [6, 6.07) is 5.85. The third-order valence-electron chi connectivity index (χ3n) is 5.15. The van der Waals surface area contributed by atoms with E-state index in [0.29, 0.717) is 13.1 Å². The van der Waals surface area contributed by atoms with Crippen LogP contribution in [0, 0.1) is 16.0 Å². The minimum atomic E-state index is -0.635. The smallest absolute Gasteiger partial charge is 0.328 e. The highest BCUT2D eigenvalue weighted by Gasteiger charge is 2.28. The number of esters is 1. The molecule has 0 aliphatic carbocycles. The molecule has 0 spiro atoms. The highest BCUT2D eigenvalue weighted by Crippen LogP contribution is 2.20. The number of carbonyl (C=O) groups is 2. The molecule has 1 N–H and O–H groups in total. The number of carbonyl (C=O) groups excluding carboxylic acids is 2. The topological polar surface area (TPSA) is 105 Å². The van der Waals surface area contributed by atoms with Crippen molar-refractivity contribution in [3.8, 4) is 0 Å². The Labute approximate surface area is 164 Å². The van der Waals surface area contributed by atoms with Crippen molar-refractivity contribution in [2.75, 3.05) is 44.7 Å². The summed E-state index contributed by atoms with van der Waals surface area (Å²) in [5.74, 6) is -0.624. The Morgan fingerprint density at radius 2 is 1.82 bits per heavy atom. The predicted octanol–water partition coefficient (Wildman–Crippen LogP) is 1.42. The summed E-state index contributed by atoms with van der Waals surface area (Å²) in [7, 11) is 1.32. The van der Waals surface area contributed by atoms with Crippen molar-refractivity contribution >= 4 is 23.3 Å². The molecular weight excluding hydrogens is 364 g/mol. The van der Waals surface area contributed by atoms with E-state index < -0.39 is 16.9 Å². The molecule has 28 heavy (non-hydrogen) atoms. The molecule has 0 aromatic heterocycles. The van der Waals surface area contributed by atoms with Crippen LogP contribution in [0.4, 0.5) is 11.4 Å². The van der Waals surface area contributed by atoms with Crippen molar-refractivity contribution in [3.05, 3.63) is 34.4 Å². The van der Waals surface area contributed by atoms with Crippen LogP contribution in [0.2, 0.25) is 0 Å². The van der Waals surface area contributed by atoms with Crippen molar-refractivity contribution < 1.29 is 19.2 Å². The van der Waals surface area contributed by atoms with Crippen molar-refractivity contribution in [2.45, 2.75) is 26.3 Å². The van der Waals surface area contributed by atoms with E-state index >= 15 is 0 Å². The number of ether oxygens (including phenoxy) is 1. The lowest BCUT2D eigenvalue weighted by Crippen LogP contribution is -2.52. The summed E-state index contributed by atoms with van der Waals surface area (Å²) in [5, 5.41) is 13.5. The molecule has 0 radical (unpaired) electrons. The van der Waals surface area contributed by atoms with E-state index in [1.807, 2.05) is 18.7 Å². The maximum Gasteiger partial charge on any atom is 0.328 e. The molecule has 9 heteroatoms. The van der Waals surface area contributed by atoms with Crippen LogP contribution in [0.1, 0.15) is 20.3 Å². The lowest BCUT2D eigenvalue weighted by atomic mass is 9.99. The fourth-order valence-electron chi connectivity index (χ4n) is 3.17. The zero-order valence-corrected chi connectivity index (χ0v) is 16.6. The second-order valence-corrected chi connectivity index (χ2v) is 6.99. The standard InChI is InChI=1S/C19H28N4O5/c1-4-14(2)18(19(25)28-3)20-17(24)13-21-9-11-22(12-10-21)15-5-7-16(8-6-15)23(26)27/h5-8,14,18H,4,9-13H2,1-3H3,(H,20,24)/t14-,18-/m1/s1. The Hall–Kier alpha value is -2.68. The minimum Gasteiger partial charge on any atom is -0.467 e. The van der Waals surface area contributed by atoms with Gasteiger partial charge in [0, 0.05) is 44.0 Å². The number of nitro benzene ring substituents is 1. The lowest BCUT2D eigenvalue weighted by molar-refractivity contribution is -0.384. The van der Waals surface area contributed by atoms with E-state index in [0.717, 1.165) is 25.2 Å². The lowest BCUT2D eigenvalue weighted by Gasteiger charge is -2.36. The number of hydrogen-bond donors (Lipinski definition) is 1. The molecule has 1 aliphatic heterocycles. The summed E-state index contributed by atoms with van der Waals surface area (Å²) in [6.07, 6.45) is 0.758. The SMILES string of the molecule is CC[C@@H](C)[C@@H](NC(=O)CN1CCN(c2ccc([N+](=O)[O-])cc2)CC1)C(=O)OC. The van der Waals surface area contributed by atoms with Gasteiger partial charge in [-0.2, -0.15) is 0 Å². The van der Waals surface area contributed by atoms with Crippen LogP contribution >= 0.6 is 0 Å². The molecule has 0 bridgehead atoms. The van der Waals surface area contributed by atoms with E-state index in [9.17, 15) is 19.7 Å². The number of nitrogens with zero attached hydrogens (tertiary/aromatic N) is 3. The van der Waals surface area contributed by atoms with E-state index in [1.54, 1.807) is 12.1 Å². The number of anilines is 1. The third-order valence-corrected chi connectivity index (χ3v) is 5.15. The van der Waals surface area contributed by atoms with Gasteiger partial charge in [-0.25, -0.2) is 4.79 Å². The van der Waals surface area contributed by atoms with Crippen LogP contribution in [-0.2, 0) is 14.3 Å². The van der Waals surface area contributed by atoms with Crippen molar-refractivity contribution in [3.63, 3.8) is 0 Å². The number of amides is 1. The number of non-ortho nitro benzene ring substituents is 1. The van der Waals surface area contributed by atoms with Gasteiger partial charge in [0.15, 0.2) is 0 Å². The predicted molar refractivity (Wildman–Crippen MR) is 105 cm³/mol. The average molecular weight is 392 g/mol. The number of methoxy groups -OCH3 is 1. The third kappa shape index (κ3) is 5.66. The second kappa shape index (κ2) is 10.0. The molecule has 2 rings (SSSR count). The van der Waals surface area contributed by atoms with Crippen LogP contribution < -0.4 is 10.2 Å². The number of nitro groups is 1. The monoisotopic (exact) mass is 392 g/mol. The van der Waals surface area contributed by atoms with Crippen molar-refractivity contribution in [1.82, 2.24) is 10.2 Å². The van der Waals surface area contributed by atoms with Gasteiger partial charge in [0.1, 0.15) is 6.04 Å². The summed E-state index contributed by atoms with van der Waals surface area (Å²) in [5.41, 5.74) is 0.998. The second-order valence-electron chi connectivity index (χ2n) is 6.99. The first-order valence-corrected chi connectivity index (χ1v) is 9.44. The molecule has 2 atom stereocenters. The first-order valence-electron chi connectivity index (χ1n) is 9.44. The molecule has 0 saturated carbocycles. The number of nitrogens with one attached hydrogen (secondary N) is 1. The Morgan fingerprint density at radius 3 is 2.32 bits per heavy atom. The molecule has 1 saturated heterocycles. The minimum absolute atomic E-state index is 0.00427.